The Morgan fingerprint density at radius 2 is 1.60 bits per heavy atom. The van der Waals surface area contributed by atoms with E-state index in [1.165, 1.54) is 35.0 Å². The smallest absolute Gasteiger partial charge is 0.332 e. The summed E-state index contributed by atoms with van der Waals surface area (Å²) in [6.45, 7) is 7.24. The van der Waals surface area contributed by atoms with Gasteiger partial charge in [0, 0.05) is 66.4 Å². The lowest BCUT2D eigenvalue weighted by molar-refractivity contribution is -0.157. The third-order valence-electron chi connectivity index (χ3n) is 13.1. The number of fused-ring (bicyclic) bond motifs is 9. The Labute approximate surface area is 359 Å². The molecule has 7 heterocycles. The first-order valence-corrected chi connectivity index (χ1v) is 21.6. The average Bonchev–Trinajstić information content (AvgIpc) is 3.71. The van der Waals surface area contributed by atoms with E-state index in [2.05, 4.69) is 16.3 Å². The number of rotatable bonds is 5. The highest BCUT2D eigenvalue weighted by atomic mass is 32.2. The lowest BCUT2D eigenvalue weighted by Crippen LogP contribution is -2.70. The van der Waals surface area contributed by atoms with Gasteiger partial charge in [0.15, 0.2) is 40.0 Å². The zero-order chi connectivity index (χ0) is 44.1. The quantitative estimate of drug-likeness (QED) is 0.288. The number of nitrogens with zero attached hydrogens (tertiary/aromatic N) is 3. The first kappa shape index (κ1) is 41.6. The van der Waals surface area contributed by atoms with E-state index in [1.54, 1.807) is 19.1 Å². The third kappa shape index (κ3) is 6.07. The van der Waals surface area contributed by atoms with Crippen LogP contribution in [0.3, 0.4) is 0 Å². The van der Waals surface area contributed by atoms with Crippen LogP contribution in [-0.4, -0.2) is 103 Å². The average molecular weight is 871 g/mol. The van der Waals surface area contributed by atoms with Crippen molar-refractivity contribution in [1.82, 2.24) is 15.1 Å². The third-order valence-corrected chi connectivity index (χ3v) is 14.9. The molecule has 10 rings (SSSR count). The lowest BCUT2D eigenvalue weighted by Gasteiger charge is -2.62. The molecule has 0 aromatic heterocycles. The zero-order valence-electron chi connectivity index (χ0n) is 35.5. The van der Waals surface area contributed by atoms with Crippen LogP contribution >= 0.6 is 0 Å². The Hall–Kier alpha value is -5.74. The van der Waals surface area contributed by atoms with Crippen LogP contribution in [0.2, 0.25) is 0 Å². The second-order valence-corrected chi connectivity index (χ2v) is 18.0. The Morgan fingerprint density at radius 1 is 0.887 bits per heavy atom. The highest BCUT2D eigenvalue weighted by molar-refractivity contribution is 7.85. The van der Waals surface area contributed by atoms with Gasteiger partial charge in [-0.1, -0.05) is 6.07 Å². The molecule has 3 aromatic rings. The molecule has 2 fully saturated rings. The van der Waals surface area contributed by atoms with Crippen LogP contribution in [0.15, 0.2) is 18.2 Å². The predicted octanol–water partition coefficient (Wildman–Crippen LogP) is 3.44. The fraction of sp³-hybridized carbons (Fsp3) is 0.477. The maximum absolute atomic E-state index is 16.3. The predicted molar refractivity (Wildman–Crippen MR) is 218 cm³/mol. The Bertz CT molecular complexity index is 2560. The van der Waals surface area contributed by atoms with Crippen LogP contribution < -0.4 is 38.5 Å². The minimum absolute atomic E-state index is 0.126. The molecule has 7 aliphatic heterocycles. The van der Waals surface area contributed by atoms with Crippen molar-refractivity contribution in [3.05, 3.63) is 62.7 Å². The van der Waals surface area contributed by atoms with Gasteiger partial charge in [0.25, 0.3) is 0 Å². The maximum atomic E-state index is 16.3. The number of nitriles is 1. The molecule has 62 heavy (non-hydrogen) atoms. The van der Waals surface area contributed by atoms with Crippen molar-refractivity contribution >= 4 is 34.7 Å². The van der Waals surface area contributed by atoms with Gasteiger partial charge >= 0.3 is 23.9 Å². The van der Waals surface area contributed by atoms with Gasteiger partial charge in [-0.2, -0.15) is 5.26 Å². The number of likely N-dealkylation sites (N-methyl/N-ethyl adjacent to an activating group) is 1. The molecular formula is C44H46N4O13S. The molecule has 7 aliphatic rings. The van der Waals surface area contributed by atoms with Crippen LogP contribution in [0.4, 0.5) is 0 Å². The maximum Gasteiger partial charge on any atom is 0.332 e. The monoisotopic (exact) mass is 870 g/mol. The normalized spacial score (nSPS) is 28.0. The Kier molecular flexibility index (Phi) is 10.2. The molecule has 18 heteroatoms. The van der Waals surface area contributed by atoms with Gasteiger partial charge in [-0.15, -0.1) is 0 Å². The van der Waals surface area contributed by atoms with E-state index in [4.69, 9.17) is 37.9 Å². The molecule has 0 amide bonds. The van der Waals surface area contributed by atoms with Crippen LogP contribution in [0.5, 0.6) is 40.2 Å². The molecule has 0 aliphatic carbocycles. The van der Waals surface area contributed by atoms with E-state index in [1.807, 2.05) is 24.9 Å². The van der Waals surface area contributed by atoms with E-state index < -0.39 is 75.7 Å². The minimum Gasteiger partial charge on any atom is -0.493 e. The SMILES string of the molecule is COc1cc2c(cc1OC(C)=O)CCN[C@]21CS(=O)[C@@H]2c3c(OC(C)=O)c(C)c4c(c3[C@H](COC1=O)N1[C@@H]2[C@H]2c3c(cc(C)c(OC)c3OC(C)=O)C[C@@H]([C@@H]1C#N)N2C)OCO4. The van der Waals surface area contributed by atoms with Crippen molar-refractivity contribution in [2.45, 2.75) is 88.5 Å². The molecule has 1 N–H and O–H groups in total. The first-order chi connectivity index (χ1) is 29.6. The topological polar surface area (TPSA) is 201 Å². The number of ether oxygens (including phenoxy) is 8. The summed E-state index contributed by atoms with van der Waals surface area (Å²) in [5.41, 5.74) is 2.80. The molecule has 326 valence electrons. The van der Waals surface area contributed by atoms with Gasteiger partial charge < -0.3 is 37.9 Å². The van der Waals surface area contributed by atoms with Crippen LogP contribution in [0.25, 0.3) is 0 Å². The molecule has 0 saturated carbocycles. The van der Waals surface area contributed by atoms with Crippen molar-refractivity contribution in [3.63, 3.8) is 0 Å². The highest BCUT2D eigenvalue weighted by Crippen LogP contribution is 2.63. The van der Waals surface area contributed by atoms with Crippen molar-refractivity contribution < 1.29 is 61.3 Å². The molecule has 0 radical (unpaired) electrons. The summed E-state index contributed by atoms with van der Waals surface area (Å²) in [6, 6.07) is 3.96. The minimum atomic E-state index is -2.13. The molecule has 1 spiro atoms. The van der Waals surface area contributed by atoms with E-state index in [9.17, 15) is 19.6 Å². The van der Waals surface area contributed by atoms with E-state index in [-0.39, 0.29) is 48.7 Å². The number of piperazine rings is 1. The number of benzene rings is 3. The number of nitrogens with one attached hydrogen (secondary N) is 1. The summed E-state index contributed by atoms with van der Waals surface area (Å²) >= 11 is 0. The van der Waals surface area contributed by atoms with Gasteiger partial charge in [0.2, 0.25) is 6.79 Å². The van der Waals surface area contributed by atoms with Crippen LogP contribution in [0.1, 0.15) is 82.6 Å². The molecule has 3 aromatic carbocycles. The summed E-state index contributed by atoms with van der Waals surface area (Å²) in [4.78, 5) is 57.2. The summed E-state index contributed by atoms with van der Waals surface area (Å²) < 4.78 is 64.1. The molecule has 8 atom stereocenters. The number of aryl methyl sites for hydroxylation is 1. The fourth-order valence-corrected chi connectivity index (χ4v) is 12.9. The van der Waals surface area contributed by atoms with Gasteiger partial charge in [0.1, 0.15) is 18.4 Å². The van der Waals surface area contributed by atoms with Crippen LogP contribution in [0, 0.1) is 25.2 Å². The van der Waals surface area contributed by atoms with Crippen molar-refractivity contribution in [1.29, 1.82) is 5.26 Å². The van der Waals surface area contributed by atoms with E-state index in [0.717, 1.165) is 11.1 Å². The molecular weight excluding hydrogens is 825 g/mol. The number of esters is 4. The molecule has 1 unspecified atom stereocenters. The highest BCUT2D eigenvalue weighted by Gasteiger charge is 2.63. The second-order valence-electron chi connectivity index (χ2n) is 16.5. The van der Waals surface area contributed by atoms with Gasteiger partial charge in [0.05, 0.1) is 49.4 Å². The second kappa shape index (κ2) is 15.3. The number of carbonyl (C=O) groups excluding carboxylic acids is 4. The first-order valence-electron chi connectivity index (χ1n) is 20.3. The van der Waals surface area contributed by atoms with Gasteiger partial charge in [-0.25, -0.2) is 4.79 Å². The zero-order valence-corrected chi connectivity index (χ0v) is 36.3. The molecule has 2 saturated heterocycles. The summed E-state index contributed by atoms with van der Waals surface area (Å²) in [5, 5.41) is 13.5. The number of hydrogen-bond acceptors (Lipinski definition) is 17. The Morgan fingerprint density at radius 3 is 2.27 bits per heavy atom. The summed E-state index contributed by atoms with van der Waals surface area (Å²) in [6.07, 6.45) is 0.802. The molecule has 17 nitrogen and oxygen atoms in total. The largest absolute Gasteiger partial charge is 0.493 e. The van der Waals surface area contributed by atoms with Gasteiger partial charge in [-0.05, 0) is 68.1 Å². The van der Waals surface area contributed by atoms with Gasteiger partial charge in [-0.3, -0.25) is 33.7 Å². The van der Waals surface area contributed by atoms with Crippen molar-refractivity contribution in [2.75, 3.05) is 47.0 Å². The molecule has 4 bridgehead atoms. The number of hydrogen-bond donors (Lipinski definition) is 1. The van der Waals surface area contributed by atoms with Crippen molar-refractivity contribution in [2.24, 2.45) is 0 Å². The van der Waals surface area contributed by atoms with E-state index in [0.29, 0.717) is 63.5 Å². The number of methoxy groups -OCH3 is 2. The van der Waals surface area contributed by atoms with E-state index >= 15 is 9.00 Å². The van der Waals surface area contributed by atoms with Crippen LogP contribution in [-0.2, 0) is 53.1 Å². The standard InChI is InChI=1S/C44H46N4O13S/c1-19-11-25-12-27-28(15-45)48-29-16-56-43(52)44(26-14-30(54-7)31(59-21(3)49)13-24(26)9-10-46-44)17-62(53)42(34-33(29)40-39(57-18-58-40)20(2)38(34)60-22(4)50)36(48)35(47(27)6)32(25)41(37(19)55-8)61-23(5)51/h11,13-14,27-29,35-36,42,46H,9-10,12,16-18H2,1-8H3/t27-,28-,29-,35+,36+,42+,44+,62?/m0/s1. The lowest BCUT2D eigenvalue weighted by atomic mass is 9.71. The Balaban J connectivity index is 1.35. The summed E-state index contributed by atoms with van der Waals surface area (Å²) in [7, 11) is 2.68. The summed E-state index contributed by atoms with van der Waals surface area (Å²) in [5.74, 6) is -1.19. The number of carbonyl (C=O) groups is 4. The van der Waals surface area contributed by atoms with Crippen molar-refractivity contribution in [3.8, 4) is 46.3 Å². The fourth-order valence-electron chi connectivity index (χ4n) is 10.8.